The standard InChI is InChI=1S/C16H12N2O4/c17-7-9-3-1-2-4-10(9)18-14(20)12-11-5-6-16(8-19,22-11)13(12)15(18)21/h1-6,11-13,19H,8H2/t11-,12-,13-,16-/m0/s1. The number of rotatable bonds is 2. The average Bonchev–Trinajstić information content (AvgIpc) is 3.18. The van der Waals surface area contributed by atoms with E-state index in [1.54, 1.807) is 36.4 Å². The van der Waals surface area contributed by atoms with Crippen molar-refractivity contribution in [1.82, 2.24) is 0 Å². The maximum Gasteiger partial charge on any atom is 0.241 e. The van der Waals surface area contributed by atoms with E-state index in [1.165, 1.54) is 0 Å². The molecule has 22 heavy (non-hydrogen) atoms. The summed E-state index contributed by atoms with van der Waals surface area (Å²) in [5, 5.41) is 18.8. The molecule has 0 spiro atoms. The molecule has 3 aliphatic heterocycles. The number of hydrogen-bond acceptors (Lipinski definition) is 5. The van der Waals surface area contributed by atoms with Gasteiger partial charge in [-0.3, -0.25) is 9.59 Å². The number of para-hydroxylation sites is 1. The van der Waals surface area contributed by atoms with Gasteiger partial charge < -0.3 is 9.84 Å². The van der Waals surface area contributed by atoms with Crippen molar-refractivity contribution < 1.29 is 19.4 Å². The number of anilines is 1. The molecule has 0 aliphatic carbocycles. The molecule has 0 radical (unpaired) electrons. The Bertz CT molecular complexity index is 766. The molecule has 0 aromatic heterocycles. The van der Waals surface area contributed by atoms with Crippen LogP contribution in [0.5, 0.6) is 0 Å². The second-order valence-electron chi connectivity index (χ2n) is 5.70. The number of nitrogens with zero attached hydrogens (tertiary/aromatic N) is 2. The molecule has 6 heteroatoms. The number of aliphatic hydroxyl groups excluding tert-OH is 1. The number of nitriles is 1. The second-order valence-corrected chi connectivity index (χ2v) is 5.70. The first-order chi connectivity index (χ1) is 10.6. The van der Waals surface area contributed by atoms with Crippen molar-refractivity contribution in [3.8, 4) is 6.07 Å². The van der Waals surface area contributed by atoms with E-state index in [9.17, 15) is 20.0 Å². The van der Waals surface area contributed by atoms with Gasteiger partial charge in [-0.25, -0.2) is 4.90 Å². The van der Waals surface area contributed by atoms with Crippen LogP contribution in [-0.4, -0.2) is 35.2 Å². The van der Waals surface area contributed by atoms with E-state index in [0.29, 0.717) is 5.69 Å². The summed E-state index contributed by atoms with van der Waals surface area (Å²) in [6.07, 6.45) is 2.90. The minimum absolute atomic E-state index is 0.267. The van der Waals surface area contributed by atoms with Crippen LogP contribution >= 0.6 is 0 Å². The third kappa shape index (κ3) is 1.39. The highest BCUT2D eigenvalue weighted by Gasteiger charge is 2.67. The van der Waals surface area contributed by atoms with E-state index in [4.69, 9.17) is 4.74 Å². The Kier molecular flexibility index (Phi) is 2.55. The Morgan fingerprint density at radius 2 is 2.09 bits per heavy atom. The highest BCUT2D eigenvalue weighted by molar-refractivity contribution is 6.23. The van der Waals surface area contributed by atoms with Crippen LogP contribution in [0.2, 0.25) is 0 Å². The maximum atomic E-state index is 12.8. The van der Waals surface area contributed by atoms with Crippen molar-refractivity contribution in [2.45, 2.75) is 11.7 Å². The summed E-state index contributed by atoms with van der Waals surface area (Å²) in [7, 11) is 0. The molecule has 1 aromatic carbocycles. The number of carbonyl (C=O) groups excluding carboxylic acids is 2. The van der Waals surface area contributed by atoms with Gasteiger partial charge in [-0.05, 0) is 12.1 Å². The molecule has 2 saturated heterocycles. The SMILES string of the molecule is N#Cc1ccccc1N1C(=O)[C@H]2[C@@H]3C=C[C@@](CO)(O3)[C@@H]2C1=O. The summed E-state index contributed by atoms with van der Waals surface area (Å²) in [5.41, 5.74) is -0.552. The zero-order valence-corrected chi connectivity index (χ0v) is 11.5. The van der Waals surface area contributed by atoms with Gasteiger partial charge in [0.25, 0.3) is 0 Å². The molecule has 0 unspecified atom stereocenters. The zero-order chi connectivity index (χ0) is 15.5. The van der Waals surface area contributed by atoms with Gasteiger partial charge in [0, 0.05) is 0 Å². The van der Waals surface area contributed by atoms with Crippen molar-refractivity contribution in [3.63, 3.8) is 0 Å². The fourth-order valence-corrected chi connectivity index (χ4v) is 3.68. The number of ether oxygens (including phenoxy) is 1. The zero-order valence-electron chi connectivity index (χ0n) is 11.5. The van der Waals surface area contributed by atoms with Gasteiger partial charge in [0.1, 0.15) is 11.7 Å². The molecule has 4 rings (SSSR count). The monoisotopic (exact) mass is 296 g/mol. The largest absolute Gasteiger partial charge is 0.393 e. The quantitative estimate of drug-likeness (QED) is 0.628. The molecular weight excluding hydrogens is 284 g/mol. The number of carbonyl (C=O) groups is 2. The van der Waals surface area contributed by atoms with Crippen LogP contribution in [0.25, 0.3) is 0 Å². The van der Waals surface area contributed by atoms with Crippen LogP contribution in [0.15, 0.2) is 36.4 Å². The minimum Gasteiger partial charge on any atom is -0.393 e. The minimum atomic E-state index is -1.11. The van der Waals surface area contributed by atoms with Gasteiger partial charge in [0.15, 0.2) is 0 Å². The van der Waals surface area contributed by atoms with E-state index in [2.05, 4.69) is 0 Å². The van der Waals surface area contributed by atoms with Crippen molar-refractivity contribution >= 4 is 17.5 Å². The normalized spacial score (nSPS) is 35.1. The molecule has 4 atom stereocenters. The van der Waals surface area contributed by atoms with Crippen LogP contribution in [0.1, 0.15) is 5.56 Å². The second kappa shape index (κ2) is 4.26. The van der Waals surface area contributed by atoms with Gasteiger partial charge in [-0.2, -0.15) is 5.26 Å². The van der Waals surface area contributed by atoms with Crippen LogP contribution < -0.4 is 4.90 Å². The molecule has 2 bridgehead atoms. The van der Waals surface area contributed by atoms with Crippen molar-refractivity contribution in [3.05, 3.63) is 42.0 Å². The highest BCUT2D eigenvalue weighted by atomic mass is 16.5. The number of imide groups is 1. The summed E-state index contributed by atoms with van der Waals surface area (Å²) >= 11 is 0. The highest BCUT2D eigenvalue weighted by Crippen LogP contribution is 2.52. The number of benzene rings is 1. The molecule has 2 fully saturated rings. The van der Waals surface area contributed by atoms with Crippen LogP contribution in [-0.2, 0) is 14.3 Å². The van der Waals surface area contributed by atoms with Gasteiger partial charge in [0.2, 0.25) is 11.8 Å². The average molecular weight is 296 g/mol. The number of hydrogen-bond donors (Lipinski definition) is 1. The van der Waals surface area contributed by atoms with E-state index < -0.39 is 29.4 Å². The third-order valence-corrected chi connectivity index (χ3v) is 4.67. The molecular formula is C16H12N2O4. The lowest BCUT2D eigenvalue weighted by Crippen LogP contribution is -2.43. The van der Waals surface area contributed by atoms with Crippen LogP contribution in [0.3, 0.4) is 0 Å². The van der Waals surface area contributed by atoms with Crippen molar-refractivity contribution in [2.75, 3.05) is 11.5 Å². The Labute approximate surface area is 126 Å². The fraction of sp³-hybridized carbons (Fsp3) is 0.312. The molecule has 110 valence electrons. The Morgan fingerprint density at radius 3 is 2.82 bits per heavy atom. The fourth-order valence-electron chi connectivity index (χ4n) is 3.68. The molecule has 3 heterocycles. The van der Waals surface area contributed by atoms with Gasteiger partial charge in [0.05, 0.1) is 35.8 Å². The van der Waals surface area contributed by atoms with E-state index >= 15 is 0 Å². The molecule has 6 nitrogen and oxygen atoms in total. The third-order valence-electron chi connectivity index (χ3n) is 4.67. The first-order valence-electron chi connectivity index (χ1n) is 6.98. The van der Waals surface area contributed by atoms with E-state index in [0.717, 1.165) is 4.90 Å². The molecule has 2 amide bonds. The summed E-state index contributed by atoms with van der Waals surface area (Å²) in [5.74, 6) is -2.15. The summed E-state index contributed by atoms with van der Waals surface area (Å²) < 4.78 is 5.66. The van der Waals surface area contributed by atoms with Crippen molar-refractivity contribution in [2.24, 2.45) is 11.8 Å². The van der Waals surface area contributed by atoms with Crippen LogP contribution in [0, 0.1) is 23.2 Å². The van der Waals surface area contributed by atoms with Crippen LogP contribution in [0.4, 0.5) is 5.69 Å². The molecule has 3 aliphatic rings. The smallest absolute Gasteiger partial charge is 0.241 e. The predicted octanol–water partition coefficient (Wildman–Crippen LogP) is 0.364. The maximum absolute atomic E-state index is 12.8. The molecule has 0 saturated carbocycles. The van der Waals surface area contributed by atoms with E-state index in [1.807, 2.05) is 6.07 Å². The lowest BCUT2D eigenvalue weighted by Gasteiger charge is -2.26. The van der Waals surface area contributed by atoms with Crippen molar-refractivity contribution in [1.29, 1.82) is 5.26 Å². The Morgan fingerprint density at radius 1 is 1.32 bits per heavy atom. The lowest BCUT2D eigenvalue weighted by molar-refractivity contribution is -0.128. The Hall–Kier alpha value is -2.49. The lowest BCUT2D eigenvalue weighted by atomic mass is 9.77. The number of fused-ring (bicyclic) bond motifs is 5. The summed E-state index contributed by atoms with van der Waals surface area (Å²) in [6, 6.07) is 8.50. The molecule has 1 aromatic rings. The topological polar surface area (TPSA) is 90.6 Å². The van der Waals surface area contributed by atoms with Gasteiger partial charge >= 0.3 is 0 Å². The van der Waals surface area contributed by atoms with Gasteiger partial charge in [-0.1, -0.05) is 24.3 Å². The van der Waals surface area contributed by atoms with E-state index in [-0.39, 0.29) is 18.1 Å². The first-order valence-corrected chi connectivity index (χ1v) is 6.98. The predicted molar refractivity (Wildman–Crippen MR) is 74.5 cm³/mol. The number of amides is 2. The first kappa shape index (κ1) is 13.2. The number of aliphatic hydroxyl groups is 1. The molecule has 1 N–H and O–H groups in total. The van der Waals surface area contributed by atoms with Gasteiger partial charge in [-0.15, -0.1) is 0 Å². The summed E-state index contributed by atoms with van der Waals surface area (Å²) in [6.45, 7) is -0.353. The summed E-state index contributed by atoms with van der Waals surface area (Å²) in [4.78, 5) is 26.6. The Balaban J connectivity index is 1.82.